The minimum atomic E-state index is 0.0968. The molecule has 5 heteroatoms. The first-order valence-electron chi connectivity index (χ1n) is 8.46. The van der Waals surface area contributed by atoms with Crippen LogP contribution >= 0.6 is 11.3 Å². The Hall–Kier alpha value is -2.14. The number of nitrogens with one attached hydrogen (secondary N) is 1. The van der Waals surface area contributed by atoms with Crippen molar-refractivity contribution in [3.05, 3.63) is 51.7 Å². The molecule has 1 aromatic carbocycles. The minimum Gasteiger partial charge on any atom is -0.333 e. The molecule has 0 atom stereocenters. The quantitative estimate of drug-likeness (QED) is 0.926. The van der Waals surface area contributed by atoms with Crippen molar-refractivity contribution in [1.82, 2.24) is 4.90 Å². The summed E-state index contributed by atoms with van der Waals surface area (Å²) in [5.41, 5.74) is 3.25. The van der Waals surface area contributed by atoms with Gasteiger partial charge in [0.15, 0.2) is 0 Å². The second-order valence-corrected chi connectivity index (χ2v) is 7.50. The number of nitrogens with zero attached hydrogens (tertiary/aromatic N) is 1. The number of rotatable bonds is 3. The Morgan fingerprint density at radius 1 is 1.17 bits per heavy atom. The van der Waals surface area contributed by atoms with Crippen LogP contribution in [-0.4, -0.2) is 23.3 Å². The Kier molecular flexibility index (Phi) is 4.10. The van der Waals surface area contributed by atoms with Gasteiger partial charge in [-0.1, -0.05) is 18.6 Å². The van der Waals surface area contributed by atoms with Gasteiger partial charge in [0.2, 0.25) is 5.91 Å². The summed E-state index contributed by atoms with van der Waals surface area (Å²) >= 11 is 1.48. The molecule has 0 radical (unpaired) electrons. The summed E-state index contributed by atoms with van der Waals surface area (Å²) in [6.45, 7) is 1.36. The second kappa shape index (κ2) is 6.40. The molecule has 2 heterocycles. The molecule has 1 fully saturated rings. The second-order valence-electron chi connectivity index (χ2n) is 6.55. The Balaban J connectivity index is 1.48. The molecule has 1 aromatic heterocycles. The number of benzene rings is 1. The van der Waals surface area contributed by atoms with Gasteiger partial charge in [-0.05, 0) is 54.0 Å². The summed E-state index contributed by atoms with van der Waals surface area (Å²) in [5, 5.41) is 4.96. The summed E-state index contributed by atoms with van der Waals surface area (Å²) in [6, 6.07) is 9.87. The number of anilines is 1. The average Bonchev–Trinajstić information content (AvgIpc) is 3.06. The topological polar surface area (TPSA) is 49.4 Å². The molecule has 2 aromatic rings. The van der Waals surface area contributed by atoms with Crippen LogP contribution in [0.15, 0.2) is 35.7 Å². The van der Waals surface area contributed by atoms with E-state index in [1.807, 2.05) is 34.5 Å². The monoisotopic (exact) mass is 340 g/mol. The maximum Gasteiger partial charge on any atom is 0.264 e. The van der Waals surface area contributed by atoms with Crippen LogP contribution in [0.5, 0.6) is 0 Å². The minimum absolute atomic E-state index is 0.0968. The third-order valence-electron chi connectivity index (χ3n) is 4.98. The molecule has 24 heavy (non-hydrogen) atoms. The Morgan fingerprint density at radius 2 is 2.04 bits per heavy atom. The summed E-state index contributed by atoms with van der Waals surface area (Å²) < 4.78 is 0. The first-order valence-corrected chi connectivity index (χ1v) is 9.34. The fourth-order valence-corrected chi connectivity index (χ4v) is 3.97. The van der Waals surface area contributed by atoms with E-state index < -0.39 is 0 Å². The third-order valence-corrected chi connectivity index (χ3v) is 5.84. The number of hydrogen-bond acceptors (Lipinski definition) is 3. The summed E-state index contributed by atoms with van der Waals surface area (Å²) in [7, 11) is 0. The molecule has 1 aliphatic carbocycles. The lowest BCUT2D eigenvalue weighted by atomic mass is 9.85. The molecule has 4 nitrogen and oxygen atoms in total. The Morgan fingerprint density at radius 3 is 2.75 bits per heavy atom. The highest BCUT2D eigenvalue weighted by molar-refractivity contribution is 7.12. The predicted octanol–water partition coefficient (Wildman–Crippen LogP) is 3.69. The molecule has 0 saturated heterocycles. The molecule has 0 unspecified atom stereocenters. The number of carbonyl (C=O) groups excluding carboxylic acids is 2. The van der Waals surface area contributed by atoms with Crippen LogP contribution in [0.2, 0.25) is 0 Å². The fourth-order valence-electron chi connectivity index (χ4n) is 3.28. The van der Waals surface area contributed by atoms with Crippen LogP contribution in [0.1, 0.15) is 40.1 Å². The van der Waals surface area contributed by atoms with Crippen molar-refractivity contribution in [2.24, 2.45) is 5.92 Å². The number of carbonyl (C=O) groups is 2. The van der Waals surface area contributed by atoms with Crippen molar-refractivity contribution in [2.45, 2.75) is 32.2 Å². The van der Waals surface area contributed by atoms with Crippen LogP contribution in [0, 0.1) is 5.92 Å². The summed E-state index contributed by atoms with van der Waals surface area (Å²) in [6.07, 6.45) is 4.02. The van der Waals surface area contributed by atoms with Gasteiger partial charge in [0.1, 0.15) is 0 Å². The van der Waals surface area contributed by atoms with E-state index in [4.69, 9.17) is 0 Å². The highest BCUT2D eigenvalue weighted by Crippen LogP contribution is 2.29. The van der Waals surface area contributed by atoms with E-state index in [1.165, 1.54) is 16.9 Å². The zero-order chi connectivity index (χ0) is 16.5. The van der Waals surface area contributed by atoms with E-state index in [1.54, 1.807) is 0 Å². The summed E-state index contributed by atoms with van der Waals surface area (Å²) in [5.74, 6) is 0.404. The number of thiophene rings is 1. The van der Waals surface area contributed by atoms with Crippen molar-refractivity contribution >= 4 is 28.8 Å². The van der Waals surface area contributed by atoms with Gasteiger partial charge in [0.05, 0.1) is 4.88 Å². The average molecular weight is 340 g/mol. The molecular weight excluding hydrogens is 320 g/mol. The molecule has 4 rings (SSSR count). The summed E-state index contributed by atoms with van der Waals surface area (Å²) in [4.78, 5) is 27.3. The molecule has 124 valence electrons. The first kappa shape index (κ1) is 15.4. The molecule has 2 aliphatic rings. The molecular formula is C19H20N2O2S. The Labute approximate surface area is 145 Å². The molecule has 1 aliphatic heterocycles. The fraction of sp³-hybridized carbons (Fsp3) is 0.368. The van der Waals surface area contributed by atoms with Gasteiger partial charge in [-0.3, -0.25) is 9.59 Å². The third kappa shape index (κ3) is 2.96. The lowest BCUT2D eigenvalue weighted by molar-refractivity contribution is -0.122. The smallest absolute Gasteiger partial charge is 0.264 e. The van der Waals surface area contributed by atoms with Gasteiger partial charge in [-0.2, -0.15) is 0 Å². The van der Waals surface area contributed by atoms with Crippen molar-refractivity contribution in [3.63, 3.8) is 0 Å². The van der Waals surface area contributed by atoms with Gasteiger partial charge in [0, 0.05) is 24.7 Å². The van der Waals surface area contributed by atoms with E-state index in [0.29, 0.717) is 6.54 Å². The standard InChI is InChI=1S/C19H20N2O2S/c22-18(14-3-1-4-14)20-16-7-6-13-8-9-21(12-15(13)11-16)19(23)17-5-2-10-24-17/h2,5-7,10-11,14H,1,3-4,8-9,12H2,(H,20,22). The largest absolute Gasteiger partial charge is 0.333 e. The van der Waals surface area contributed by atoms with Crippen molar-refractivity contribution in [2.75, 3.05) is 11.9 Å². The lowest BCUT2D eigenvalue weighted by Gasteiger charge is -2.29. The Bertz CT molecular complexity index is 766. The van der Waals surface area contributed by atoms with Crippen LogP contribution in [0.4, 0.5) is 5.69 Å². The van der Waals surface area contributed by atoms with Crippen LogP contribution in [0.3, 0.4) is 0 Å². The van der Waals surface area contributed by atoms with E-state index in [-0.39, 0.29) is 17.7 Å². The molecule has 0 bridgehead atoms. The highest BCUT2D eigenvalue weighted by atomic mass is 32.1. The normalized spacial score (nSPS) is 17.1. The van der Waals surface area contributed by atoms with Crippen molar-refractivity contribution in [1.29, 1.82) is 0 Å². The zero-order valence-corrected chi connectivity index (χ0v) is 14.3. The number of amides is 2. The van der Waals surface area contributed by atoms with Crippen molar-refractivity contribution < 1.29 is 9.59 Å². The van der Waals surface area contributed by atoms with Gasteiger partial charge < -0.3 is 10.2 Å². The van der Waals surface area contributed by atoms with E-state index in [9.17, 15) is 9.59 Å². The van der Waals surface area contributed by atoms with E-state index >= 15 is 0 Å². The maximum atomic E-state index is 12.5. The van der Waals surface area contributed by atoms with Crippen LogP contribution < -0.4 is 5.32 Å². The van der Waals surface area contributed by atoms with Gasteiger partial charge in [0.25, 0.3) is 5.91 Å². The molecule has 1 saturated carbocycles. The molecule has 2 amide bonds. The molecule has 0 spiro atoms. The van der Waals surface area contributed by atoms with E-state index in [2.05, 4.69) is 11.4 Å². The SMILES string of the molecule is O=C(Nc1ccc2c(c1)CN(C(=O)c1cccs1)CC2)C1CCC1. The lowest BCUT2D eigenvalue weighted by Crippen LogP contribution is -2.35. The van der Waals surface area contributed by atoms with Gasteiger partial charge in [-0.25, -0.2) is 0 Å². The maximum absolute atomic E-state index is 12.5. The van der Waals surface area contributed by atoms with Gasteiger partial charge >= 0.3 is 0 Å². The van der Waals surface area contributed by atoms with Crippen LogP contribution in [-0.2, 0) is 17.8 Å². The molecule has 1 N–H and O–H groups in total. The predicted molar refractivity (Wildman–Crippen MR) is 95.2 cm³/mol. The van der Waals surface area contributed by atoms with Crippen LogP contribution in [0.25, 0.3) is 0 Å². The van der Waals surface area contributed by atoms with Gasteiger partial charge in [-0.15, -0.1) is 11.3 Å². The van der Waals surface area contributed by atoms with E-state index in [0.717, 1.165) is 48.4 Å². The highest BCUT2D eigenvalue weighted by Gasteiger charge is 2.26. The number of hydrogen-bond donors (Lipinski definition) is 1. The van der Waals surface area contributed by atoms with Crippen molar-refractivity contribution in [3.8, 4) is 0 Å². The zero-order valence-electron chi connectivity index (χ0n) is 13.5. The number of fused-ring (bicyclic) bond motifs is 1. The first-order chi connectivity index (χ1) is 11.7.